The molecule has 106 valence electrons. The monoisotopic (exact) mass is 264 g/mol. The molecule has 2 aliphatic heterocycles. The van der Waals surface area contributed by atoms with Crippen molar-refractivity contribution in [3.05, 3.63) is 0 Å². The van der Waals surface area contributed by atoms with Gasteiger partial charge >= 0.3 is 0 Å². The second kappa shape index (κ2) is 3.82. The molecule has 3 heteroatoms. The molecule has 0 aromatic carbocycles. The Hall–Kier alpha value is -0.410. The Kier molecular flexibility index (Phi) is 2.48. The lowest BCUT2D eigenvalue weighted by atomic mass is 9.79. The minimum absolute atomic E-state index is 0.0882. The van der Waals surface area contributed by atoms with Crippen molar-refractivity contribution in [3.8, 4) is 0 Å². The van der Waals surface area contributed by atoms with Crippen LogP contribution < -0.4 is 0 Å². The molecule has 2 heterocycles. The standard InChI is InChI=1S/C16H24O3/c1-15-7-4-3-5-11(13(15)18-15)10-6-8-16(2)14(19-16)12(17)9-10/h10-11,13-14H,3-9H2,1-2H3. The van der Waals surface area contributed by atoms with Gasteiger partial charge in [0.1, 0.15) is 6.10 Å². The van der Waals surface area contributed by atoms with Crippen LogP contribution in [0.2, 0.25) is 0 Å². The van der Waals surface area contributed by atoms with E-state index in [1.807, 2.05) is 0 Å². The van der Waals surface area contributed by atoms with Gasteiger partial charge in [-0.25, -0.2) is 0 Å². The largest absolute Gasteiger partial charge is 0.366 e. The van der Waals surface area contributed by atoms with Crippen LogP contribution in [0.15, 0.2) is 0 Å². The topological polar surface area (TPSA) is 42.1 Å². The van der Waals surface area contributed by atoms with Crippen LogP contribution in [0.3, 0.4) is 0 Å². The van der Waals surface area contributed by atoms with E-state index in [0.717, 1.165) is 19.3 Å². The van der Waals surface area contributed by atoms with E-state index < -0.39 is 0 Å². The van der Waals surface area contributed by atoms with E-state index in [9.17, 15) is 4.79 Å². The minimum Gasteiger partial charge on any atom is -0.366 e. The molecule has 3 nitrogen and oxygen atoms in total. The van der Waals surface area contributed by atoms with Gasteiger partial charge in [0.05, 0.1) is 17.3 Å². The van der Waals surface area contributed by atoms with E-state index >= 15 is 0 Å². The molecule has 6 unspecified atom stereocenters. The van der Waals surface area contributed by atoms with E-state index in [0.29, 0.717) is 23.7 Å². The average molecular weight is 264 g/mol. The molecule has 2 saturated heterocycles. The van der Waals surface area contributed by atoms with Crippen LogP contribution in [0.4, 0.5) is 0 Å². The average Bonchev–Trinajstić information content (AvgIpc) is 3.20. The second-order valence-electron chi connectivity index (χ2n) is 7.54. The first kappa shape index (κ1) is 12.3. The first-order valence-electron chi connectivity index (χ1n) is 7.90. The quantitative estimate of drug-likeness (QED) is 0.684. The highest BCUT2D eigenvalue weighted by Gasteiger charge is 2.61. The van der Waals surface area contributed by atoms with E-state index in [1.54, 1.807) is 0 Å². The van der Waals surface area contributed by atoms with Crippen molar-refractivity contribution in [1.29, 1.82) is 0 Å². The van der Waals surface area contributed by atoms with Crippen molar-refractivity contribution in [2.75, 3.05) is 0 Å². The summed E-state index contributed by atoms with van der Waals surface area (Å²) in [4.78, 5) is 12.2. The molecule has 0 spiro atoms. The summed E-state index contributed by atoms with van der Waals surface area (Å²) in [6, 6.07) is 0. The van der Waals surface area contributed by atoms with Crippen molar-refractivity contribution in [2.24, 2.45) is 11.8 Å². The van der Waals surface area contributed by atoms with Gasteiger partial charge in [-0.3, -0.25) is 4.79 Å². The third-order valence-corrected chi connectivity index (χ3v) is 6.05. The minimum atomic E-state index is -0.121. The van der Waals surface area contributed by atoms with Crippen LogP contribution in [0, 0.1) is 11.8 Å². The first-order valence-corrected chi connectivity index (χ1v) is 7.90. The molecule has 0 aromatic heterocycles. The Bertz CT molecular complexity index is 420. The fourth-order valence-corrected chi connectivity index (χ4v) is 4.62. The molecular weight excluding hydrogens is 240 g/mol. The Balaban J connectivity index is 1.51. The van der Waals surface area contributed by atoms with E-state index in [1.165, 1.54) is 25.7 Å². The number of epoxide rings is 2. The van der Waals surface area contributed by atoms with Crippen LogP contribution >= 0.6 is 0 Å². The zero-order valence-corrected chi connectivity index (χ0v) is 12.0. The van der Waals surface area contributed by atoms with Crippen LogP contribution in [0.25, 0.3) is 0 Å². The number of ether oxygens (including phenoxy) is 2. The normalized spacial score (nSPS) is 56.6. The number of rotatable bonds is 1. The predicted molar refractivity (Wildman–Crippen MR) is 70.9 cm³/mol. The highest BCUT2D eigenvalue weighted by atomic mass is 16.6. The molecular formula is C16H24O3. The molecule has 0 bridgehead atoms. The zero-order valence-electron chi connectivity index (χ0n) is 12.0. The number of ketones is 1. The Morgan fingerprint density at radius 1 is 1.05 bits per heavy atom. The van der Waals surface area contributed by atoms with Gasteiger partial charge in [-0.2, -0.15) is 0 Å². The van der Waals surface area contributed by atoms with E-state index in [4.69, 9.17) is 9.47 Å². The number of Topliss-reactive ketones (excluding diaryl/α,β-unsaturated/α-hetero) is 1. The number of carbonyl (C=O) groups excluding carboxylic acids is 1. The highest BCUT2D eigenvalue weighted by Crippen LogP contribution is 2.54. The van der Waals surface area contributed by atoms with Gasteiger partial charge in [0.25, 0.3) is 0 Å². The molecule has 0 aromatic rings. The maximum atomic E-state index is 12.2. The lowest BCUT2D eigenvalue weighted by Gasteiger charge is -2.24. The fraction of sp³-hybridized carbons (Fsp3) is 0.938. The maximum absolute atomic E-state index is 12.2. The van der Waals surface area contributed by atoms with Gasteiger partial charge in [-0.05, 0) is 51.4 Å². The van der Waals surface area contributed by atoms with E-state index in [-0.39, 0.29) is 17.3 Å². The molecule has 0 N–H and O–H groups in total. The summed E-state index contributed by atoms with van der Waals surface area (Å²) in [6.45, 7) is 4.36. The third kappa shape index (κ3) is 1.89. The van der Waals surface area contributed by atoms with Gasteiger partial charge in [-0.1, -0.05) is 12.8 Å². The molecule has 0 amide bonds. The number of hydrogen-bond donors (Lipinski definition) is 0. The molecule has 2 saturated carbocycles. The second-order valence-corrected chi connectivity index (χ2v) is 7.54. The Morgan fingerprint density at radius 2 is 1.89 bits per heavy atom. The van der Waals surface area contributed by atoms with Gasteiger partial charge in [0.15, 0.2) is 5.78 Å². The smallest absolute Gasteiger partial charge is 0.164 e. The fourth-order valence-electron chi connectivity index (χ4n) is 4.62. The lowest BCUT2D eigenvalue weighted by Crippen LogP contribution is -2.25. The summed E-state index contributed by atoms with van der Waals surface area (Å²) in [6.07, 6.45) is 8.30. The maximum Gasteiger partial charge on any atom is 0.164 e. The summed E-state index contributed by atoms with van der Waals surface area (Å²) in [5.74, 6) is 1.49. The highest BCUT2D eigenvalue weighted by molar-refractivity contribution is 5.87. The summed E-state index contributed by atoms with van der Waals surface area (Å²) in [5, 5.41) is 0. The number of carbonyl (C=O) groups is 1. The lowest BCUT2D eigenvalue weighted by molar-refractivity contribution is -0.121. The van der Waals surface area contributed by atoms with Gasteiger partial charge in [-0.15, -0.1) is 0 Å². The third-order valence-electron chi connectivity index (χ3n) is 6.05. The van der Waals surface area contributed by atoms with Crippen LogP contribution in [-0.4, -0.2) is 29.2 Å². The molecule has 4 fully saturated rings. The van der Waals surface area contributed by atoms with Crippen molar-refractivity contribution in [2.45, 2.75) is 82.2 Å². The zero-order chi connectivity index (χ0) is 13.3. The first-order chi connectivity index (χ1) is 9.02. The van der Waals surface area contributed by atoms with E-state index in [2.05, 4.69) is 13.8 Å². The van der Waals surface area contributed by atoms with Crippen LogP contribution in [0.5, 0.6) is 0 Å². The summed E-state index contributed by atoms with van der Waals surface area (Å²) < 4.78 is 11.6. The van der Waals surface area contributed by atoms with Gasteiger partial charge in [0.2, 0.25) is 0 Å². The Morgan fingerprint density at radius 3 is 2.74 bits per heavy atom. The van der Waals surface area contributed by atoms with Crippen molar-refractivity contribution >= 4 is 5.78 Å². The number of hydrogen-bond acceptors (Lipinski definition) is 3. The summed E-state index contributed by atoms with van der Waals surface area (Å²) in [5.41, 5.74) is 0.0180. The van der Waals surface area contributed by atoms with Gasteiger partial charge < -0.3 is 9.47 Å². The van der Waals surface area contributed by atoms with Crippen molar-refractivity contribution < 1.29 is 14.3 Å². The molecule has 0 radical (unpaired) electrons. The molecule has 2 aliphatic carbocycles. The van der Waals surface area contributed by atoms with Crippen molar-refractivity contribution in [1.82, 2.24) is 0 Å². The van der Waals surface area contributed by atoms with Crippen molar-refractivity contribution in [3.63, 3.8) is 0 Å². The number of fused-ring (bicyclic) bond motifs is 2. The van der Waals surface area contributed by atoms with Crippen LogP contribution in [-0.2, 0) is 14.3 Å². The Labute approximate surface area is 115 Å². The summed E-state index contributed by atoms with van der Waals surface area (Å²) in [7, 11) is 0. The van der Waals surface area contributed by atoms with Gasteiger partial charge in [0, 0.05) is 6.42 Å². The predicted octanol–water partition coefficient (Wildman–Crippen LogP) is 2.86. The molecule has 4 aliphatic rings. The SMILES string of the molecule is CC12CCC(C3CCCCC4(C)OC34)CC(=O)C1O2. The summed E-state index contributed by atoms with van der Waals surface area (Å²) >= 11 is 0. The molecule has 4 rings (SSSR count). The molecule has 19 heavy (non-hydrogen) atoms. The van der Waals surface area contributed by atoms with Crippen LogP contribution in [0.1, 0.15) is 58.8 Å². The molecule has 6 atom stereocenters.